The van der Waals surface area contributed by atoms with Gasteiger partial charge in [0, 0.05) is 23.3 Å². The van der Waals surface area contributed by atoms with Gasteiger partial charge in [-0.05, 0) is 19.1 Å². The molecule has 0 unspecified atom stereocenters. The summed E-state index contributed by atoms with van der Waals surface area (Å²) in [6.45, 7) is 1.07. The number of sulfonamides is 1. The molecular formula is C13H15Cl3N2O4S. The van der Waals surface area contributed by atoms with Gasteiger partial charge in [-0.15, -0.1) is 11.6 Å². The normalized spacial score (nSPS) is 24.7. The predicted molar refractivity (Wildman–Crippen MR) is 89.4 cm³/mol. The molecule has 0 radical (unpaired) electrons. The summed E-state index contributed by atoms with van der Waals surface area (Å²) in [5.74, 6) is -0.598. The van der Waals surface area contributed by atoms with Crippen molar-refractivity contribution < 1.29 is 13.3 Å². The maximum atomic E-state index is 12.8. The van der Waals surface area contributed by atoms with Gasteiger partial charge in [-0.3, -0.25) is 10.1 Å². The van der Waals surface area contributed by atoms with E-state index in [1.807, 2.05) is 6.92 Å². The lowest BCUT2D eigenvalue weighted by Crippen LogP contribution is -2.46. The van der Waals surface area contributed by atoms with E-state index >= 15 is 0 Å². The summed E-state index contributed by atoms with van der Waals surface area (Å²) in [5, 5.41) is 10.9. The number of hydrogen-bond donors (Lipinski definition) is 0. The Bertz CT molecular complexity index is 694. The van der Waals surface area contributed by atoms with Crippen LogP contribution in [-0.2, 0) is 10.0 Å². The van der Waals surface area contributed by atoms with Crippen LogP contribution in [0.2, 0.25) is 0 Å². The average Bonchev–Trinajstić information content (AvgIpc) is 2.70. The summed E-state index contributed by atoms with van der Waals surface area (Å²) >= 11 is 18.3. The minimum atomic E-state index is -3.96. The Hall–Kier alpha value is -0.600. The molecule has 1 aliphatic heterocycles. The molecule has 1 aromatic carbocycles. The van der Waals surface area contributed by atoms with Crippen molar-refractivity contribution in [2.45, 2.75) is 22.2 Å². The first kappa shape index (κ1) is 18.7. The molecular weight excluding hydrogens is 387 g/mol. The molecule has 2 atom stereocenters. The minimum Gasteiger partial charge on any atom is -0.264 e. The van der Waals surface area contributed by atoms with Gasteiger partial charge in [0.1, 0.15) is 10.4 Å². The molecule has 1 saturated heterocycles. The van der Waals surface area contributed by atoms with Crippen molar-refractivity contribution in [3.63, 3.8) is 0 Å². The molecule has 1 aliphatic rings. The number of aryl methyl sites for hydroxylation is 1. The van der Waals surface area contributed by atoms with Crippen molar-refractivity contribution in [1.82, 2.24) is 4.31 Å². The van der Waals surface area contributed by atoms with Crippen molar-refractivity contribution >= 4 is 44.8 Å². The third-order valence-electron chi connectivity index (χ3n) is 3.87. The lowest BCUT2D eigenvalue weighted by molar-refractivity contribution is -0.485. The molecule has 0 aromatic heterocycles. The maximum Gasteiger partial charge on any atom is 0.243 e. The summed E-state index contributed by atoms with van der Waals surface area (Å²) in [6, 6.07) is 5.02. The van der Waals surface area contributed by atoms with Gasteiger partial charge in [0.2, 0.25) is 16.6 Å². The van der Waals surface area contributed by atoms with E-state index in [1.54, 1.807) is 12.1 Å². The van der Waals surface area contributed by atoms with Crippen LogP contribution in [0, 0.1) is 23.0 Å². The van der Waals surface area contributed by atoms with E-state index in [2.05, 4.69) is 0 Å². The average molecular weight is 402 g/mol. The molecule has 0 spiro atoms. The van der Waals surface area contributed by atoms with Crippen molar-refractivity contribution in [2.24, 2.45) is 5.92 Å². The van der Waals surface area contributed by atoms with Gasteiger partial charge >= 0.3 is 0 Å². The van der Waals surface area contributed by atoms with Crippen molar-refractivity contribution in [1.29, 1.82) is 0 Å². The van der Waals surface area contributed by atoms with Gasteiger partial charge < -0.3 is 0 Å². The molecule has 0 aliphatic carbocycles. The van der Waals surface area contributed by atoms with E-state index in [0.717, 1.165) is 9.87 Å². The second-order valence-electron chi connectivity index (χ2n) is 5.44. The van der Waals surface area contributed by atoms with Gasteiger partial charge in [-0.2, -0.15) is 4.31 Å². The van der Waals surface area contributed by atoms with Gasteiger partial charge in [-0.1, -0.05) is 40.9 Å². The van der Waals surface area contributed by atoms with E-state index < -0.39 is 37.8 Å². The van der Waals surface area contributed by atoms with E-state index in [-0.39, 0.29) is 17.3 Å². The number of rotatable bonds is 5. The molecule has 1 aromatic rings. The summed E-state index contributed by atoms with van der Waals surface area (Å²) < 4.78 is 25.0. The molecule has 0 saturated carbocycles. The molecule has 0 amide bonds. The predicted octanol–water partition coefficient (Wildman–Crippen LogP) is 2.67. The summed E-state index contributed by atoms with van der Waals surface area (Å²) in [5.41, 5.74) is 0.898. The Morgan fingerprint density at radius 2 is 1.91 bits per heavy atom. The second-order valence-corrected chi connectivity index (χ2v) is 9.09. The summed E-state index contributed by atoms with van der Waals surface area (Å²) in [6.07, 6.45) is 0. The fourth-order valence-electron chi connectivity index (χ4n) is 2.55. The smallest absolute Gasteiger partial charge is 0.243 e. The number of benzene rings is 1. The Morgan fingerprint density at radius 3 is 2.39 bits per heavy atom. The van der Waals surface area contributed by atoms with Gasteiger partial charge in [0.25, 0.3) is 0 Å². The molecule has 10 heteroatoms. The Balaban J connectivity index is 2.46. The van der Waals surface area contributed by atoms with Gasteiger partial charge in [0.15, 0.2) is 0 Å². The molecule has 1 fully saturated rings. The minimum absolute atomic E-state index is 0.00112. The van der Waals surface area contributed by atoms with Gasteiger partial charge in [0.05, 0.1) is 4.90 Å². The van der Waals surface area contributed by atoms with E-state index in [1.165, 1.54) is 12.1 Å². The third kappa shape index (κ3) is 3.58. The van der Waals surface area contributed by atoms with Crippen molar-refractivity contribution in [3.05, 3.63) is 39.9 Å². The Kier molecular flexibility index (Phi) is 5.48. The highest BCUT2D eigenvalue weighted by Crippen LogP contribution is 2.45. The first-order chi connectivity index (χ1) is 10.6. The lowest BCUT2D eigenvalue weighted by atomic mass is 10.1. The topological polar surface area (TPSA) is 80.5 Å². The molecule has 2 rings (SSSR count). The highest BCUT2D eigenvalue weighted by molar-refractivity contribution is 7.89. The van der Waals surface area contributed by atoms with E-state index in [4.69, 9.17) is 34.8 Å². The van der Waals surface area contributed by atoms with E-state index in [9.17, 15) is 18.5 Å². The molecule has 23 heavy (non-hydrogen) atoms. The van der Waals surface area contributed by atoms with Crippen LogP contribution in [0.1, 0.15) is 5.56 Å². The van der Waals surface area contributed by atoms with Crippen LogP contribution in [-0.4, -0.2) is 47.0 Å². The standard InChI is InChI=1S/C13H15Cl3N2O4S/c1-9-2-4-11(5-3-9)23(21,22)17-7-10(6-14)13(15,16)12(17)8-18(19)20/h2-5,10,12H,6-8H2,1H3/t10-,12-/m0/s1. The summed E-state index contributed by atoms with van der Waals surface area (Å²) in [4.78, 5) is 10.3. The monoisotopic (exact) mass is 400 g/mol. The molecule has 0 bridgehead atoms. The van der Waals surface area contributed by atoms with E-state index in [0.29, 0.717) is 0 Å². The zero-order valence-electron chi connectivity index (χ0n) is 12.2. The SMILES string of the molecule is Cc1ccc(S(=O)(=O)N2C[C@H](CCl)C(Cl)(Cl)[C@@H]2C[N+](=O)[O-])cc1. The first-order valence-electron chi connectivity index (χ1n) is 6.74. The Morgan fingerprint density at radius 1 is 1.35 bits per heavy atom. The maximum absolute atomic E-state index is 12.8. The van der Waals surface area contributed by atoms with Gasteiger partial charge in [-0.25, -0.2) is 8.42 Å². The molecule has 6 nitrogen and oxygen atoms in total. The fourth-order valence-corrected chi connectivity index (χ4v) is 5.52. The van der Waals surface area contributed by atoms with Crippen LogP contribution >= 0.6 is 34.8 Å². The highest BCUT2D eigenvalue weighted by atomic mass is 35.5. The van der Waals surface area contributed by atoms with Crippen molar-refractivity contribution in [3.8, 4) is 0 Å². The van der Waals surface area contributed by atoms with Crippen LogP contribution in [0.4, 0.5) is 0 Å². The Labute approximate surface area is 149 Å². The number of hydrogen-bond acceptors (Lipinski definition) is 4. The zero-order valence-corrected chi connectivity index (χ0v) is 15.2. The summed E-state index contributed by atoms with van der Waals surface area (Å²) in [7, 11) is -3.96. The second kappa shape index (κ2) is 6.72. The van der Waals surface area contributed by atoms with Crippen LogP contribution in [0.5, 0.6) is 0 Å². The quantitative estimate of drug-likeness (QED) is 0.431. The lowest BCUT2D eigenvalue weighted by Gasteiger charge is -2.26. The third-order valence-corrected chi connectivity index (χ3v) is 7.25. The number of alkyl halides is 3. The molecule has 0 N–H and O–H groups in total. The fraction of sp³-hybridized carbons (Fsp3) is 0.538. The van der Waals surface area contributed by atoms with Crippen LogP contribution in [0.3, 0.4) is 0 Å². The van der Waals surface area contributed by atoms with Crippen LogP contribution < -0.4 is 0 Å². The van der Waals surface area contributed by atoms with Crippen LogP contribution in [0.15, 0.2) is 29.2 Å². The number of halogens is 3. The first-order valence-corrected chi connectivity index (χ1v) is 9.48. The molecule has 1 heterocycles. The molecule has 128 valence electrons. The largest absolute Gasteiger partial charge is 0.264 e. The van der Waals surface area contributed by atoms with Crippen molar-refractivity contribution in [2.75, 3.05) is 19.0 Å². The van der Waals surface area contributed by atoms with Crippen LogP contribution in [0.25, 0.3) is 0 Å². The number of nitrogens with zero attached hydrogens (tertiary/aromatic N) is 2. The highest BCUT2D eigenvalue weighted by Gasteiger charge is 2.57. The zero-order chi connectivity index (χ0) is 17.4. The number of nitro groups is 1.